The number of aromatic nitrogens is 2. The second-order valence-corrected chi connectivity index (χ2v) is 8.46. The molecule has 0 saturated carbocycles. The van der Waals surface area contributed by atoms with Crippen molar-refractivity contribution in [2.45, 2.75) is 50.0 Å². The summed E-state index contributed by atoms with van der Waals surface area (Å²) in [6, 6.07) is 5.73. The summed E-state index contributed by atoms with van der Waals surface area (Å²) in [7, 11) is -1.47. The number of rotatable bonds is 7. The Bertz CT molecular complexity index is 814. The van der Waals surface area contributed by atoms with E-state index in [0.717, 1.165) is 24.8 Å². The van der Waals surface area contributed by atoms with Crippen LogP contribution in [0.1, 0.15) is 36.2 Å². The highest BCUT2D eigenvalue weighted by atomic mass is 32.2. The normalized spacial score (nSPS) is 15.4. The standard InChI is InChI=1S/C17H23N3O3S/c1-12(18-2)10-16-19-17(23-20-16)8-9-24(21,22)15-7-6-13-4-3-5-14(13)11-15/h6-7,11-12,18H,3-5,8-10H2,1-2H3. The quantitative estimate of drug-likeness (QED) is 0.819. The summed E-state index contributed by atoms with van der Waals surface area (Å²) in [5.41, 5.74) is 2.44. The minimum atomic E-state index is -3.34. The molecule has 1 aromatic carbocycles. The predicted molar refractivity (Wildman–Crippen MR) is 90.7 cm³/mol. The number of hydrogen-bond acceptors (Lipinski definition) is 6. The van der Waals surface area contributed by atoms with Crippen molar-refractivity contribution < 1.29 is 12.9 Å². The van der Waals surface area contributed by atoms with Gasteiger partial charge in [0.15, 0.2) is 15.7 Å². The Hall–Kier alpha value is -1.73. The smallest absolute Gasteiger partial charge is 0.227 e. The Morgan fingerprint density at radius 1 is 1.29 bits per heavy atom. The highest BCUT2D eigenvalue weighted by Gasteiger charge is 2.20. The SMILES string of the molecule is CNC(C)Cc1noc(CCS(=O)(=O)c2ccc3c(c2)CCC3)n1. The number of aryl methyl sites for hydroxylation is 3. The molecule has 0 radical (unpaired) electrons. The molecule has 0 saturated heterocycles. The van der Waals surface area contributed by atoms with Gasteiger partial charge in [-0.3, -0.25) is 0 Å². The van der Waals surface area contributed by atoms with E-state index in [-0.39, 0.29) is 18.2 Å². The molecule has 1 atom stereocenters. The molecular formula is C17H23N3O3S. The van der Waals surface area contributed by atoms with E-state index >= 15 is 0 Å². The van der Waals surface area contributed by atoms with Crippen LogP contribution in [0.25, 0.3) is 0 Å². The summed E-state index contributed by atoms with van der Waals surface area (Å²) in [4.78, 5) is 4.67. The molecule has 1 heterocycles. The van der Waals surface area contributed by atoms with Crippen molar-refractivity contribution in [2.24, 2.45) is 0 Å². The third-order valence-electron chi connectivity index (χ3n) is 4.51. The zero-order valence-electron chi connectivity index (χ0n) is 14.1. The van der Waals surface area contributed by atoms with E-state index in [1.54, 1.807) is 6.07 Å². The molecule has 24 heavy (non-hydrogen) atoms. The van der Waals surface area contributed by atoms with E-state index in [1.807, 2.05) is 26.1 Å². The van der Waals surface area contributed by atoms with Gasteiger partial charge in [-0.1, -0.05) is 11.2 Å². The fraction of sp³-hybridized carbons (Fsp3) is 0.529. The van der Waals surface area contributed by atoms with Crippen LogP contribution < -0.4 is 5.32 Å². The van der Waals surface area contributed by atoms with E-state index < -0.39 is 9.84 Å². The molecular weight excluding hydrogens is 326 g/mol. The molecule has 0 fully saturated rings. The molecule has 0 bridgehead atoms. The van der Waals surface area contributed by atoms with Gasteiger partial charge in [0.05, 0.1) is 10.6 Å². The van der Waals surface area contributed by atoms with Gasteiger partial charge in [0, 0.05) is 18.9 Å². The molecule has 3 rings (SSSR count). The van der Waals surface area contributed by atoms with Gasteiger partial charge in [-0.25, -0.2) is 8.42 Å². The Balaban J connectivity index is 1.65. The second kappa shape index (κ2) is 7.03. The van der Waals surface area contributed by atoms with Crippen LogP contribution in [0.15, 0.2) is 27.6 Å². The van der Waals surface area contributed by atoms with Gasteiger partial charge in [-0.15, -0.1) is 0 Å². The Kier molecular flexibility index (Phi) is 5.01. The van der Waals surface area contributed by atoms with Crippen LogP contribution in [0, 0.1) is 0 Å². The molecule has 7 heteroatoms. The molecule has 0 amide bonds. The first-order chi connectivity index (χ1) is 11.5. The summed E-state index contributed by atoms with van der Waals surface area (Å²) < 4.78 is 30.2. The summed E-state index contributed by atoms with van der Waals surface area (Å²) in [6.45, 7) is 2.02. The third-order valence-corrected chi connectivity index (χ3v) is 6.22. The minimum absolute atomic E-state index is 0.0188. The first kappa shape index (κ1) is 17.1. The van der Waals surface area contributed by atoms with Gasteiger partial charge in [0.1, 0.15) is 0 Å². The van der Waals surface area contributed by atoms with Gasteiger partial charge < -0.3 is 9.84 Å². The number of hydrogen-bond donors (Lipinski definition) is 1. The third kappa shape index (κ3) is 3.84. The lowest BCUT2D eigenvalue weighted by Gasteiger charge is -2.06. The van der Waals surface area contributed by atoms with Crippen LogP contribution in [-0.2, 0) is 35.5 Å². The lowest BCUT2D eigenvalue weighted by atomic mass is 10.1. The maximum absolute atomic E-state index is 12.5. The zero-order chi connectivity index (χ0) is 17.2. The van der Waals surface area contributed by atoms with E-state index in [9.17, 15) is 8.42 Å². The van der Waals surface area contributed by atoms with Gasteiger partial charge in [-0.05, 0) is 56.5 Å². The van der Waals surface area contributed by atoms with Crippen LogP contribution >= 0.6 is 0 Å². The van der Waals surface area contributed by atoms with Crippen LogP contribution in [0.3, 0.4) is 0 Å². The maximum Gasteiger partial charge on any atom is 0.227 e. The van der Waals surface area contributed by atoms with E-state index in [1.165, 1.54) is 5.56 Å². The molecule has 130 valence electrons. The number of fused-ring (bicyclic) bond motifs is 1. The van der Waals surface area contributed by atoms with Crippen molar-refractivity contribution in [1.82, 2.24) is 15.5 Å². The average Bonchev–Trinajstić information content (AvgIpc) is 3.21. The Labute approximate surface area is 142 Å². The largest absolute Gasteiger partial charge is 0.339 e. The first-order valence-electron chi connectivity index (χ1n) is 8.31. The Morgan fingerprint density at radius 3 is 2.88 bits per heavy atom. The summed E-state index contributed by atoms with van der Waals surface area (Å²) >= 11 is 0. The molecule has 2 aromatic rings. The van der Waals surface area contributed by atoms with Crippen molar-refractivity contribution in [1.29, 1.82) is 0 Å². The monoisotopic (exact) mass is 349 g/mol. The summed E-state index contributed by atoms with van der Waals surface area (Å²) in [5.74, 6) is 0.953. The lowest BCUT2D eigenvalue weighted by Crippen LogP contribution is -2.24. The minimum Gasteiger partial charge on any atom is -0.339 e. The lowest BCUT2D eigenvalue weighted by molar-refractivity contribution is 0.374. The molecule has 1 unspecified atom stereocenters. The fourth-order valence-electron chi connectivity index (χ4n) is 2.93. The topological polar surface area (TPSA) is 85.1 Å². The molecule has 6 nitrogen and oxygen atoms in total. The second-order valence-electron chi connectivity index (χ2n) is 6.35. The van der Waals surface area contributed by atoms with Crippen molar-refractivity contribution in [3.05, 3.63) is 41.0 Å². The van der Waals surface area contributed by atoms with Crippen LogP contribution in [0.4, 0.5) is 0 Å². The number of nitrogens with one attached hydrogen (secondary N) is 1. The fourth-order valence-corrected chi connectivity index (χ4v) is 4.21. The van der Waals surface area contributed by atoms with E-state index in [2.05, 4.69) is 15.5 Å². The van der Waals surface area contributed by atoms with Crippen molar-refractivity contribution in [3.63, 3.8) is 0 Å². The molecule has 0 aliphatic heterocycles. The van der Waals surface area contributed by atoms with Crippen LogP contribution in [0.2, 0.25) is 0 Å². The number of nitrogens with zero attached hydrogens (tertiary/aromatic N) is 2. The van der Waals surface area contributed by atoms with Gasteiger partial charge >= 0.3 is 0 Å². The van der Waals surface area contributed by atoms with Gasteiger partial charge in [0.2, 0.25) is 5.89 Å². The maximum atomic E-state index is 12.5. The molecule has 1 N–H and O–H groups in total. The van der Waals surface area contributed by atoms with E-state index in [4.69, 9.17) is 4.52 Å². The van der Waals surface area contributed by atoms with Gasteiger partial charge in [-0.2, -0.15) is 4.98 Å². The van der Waals surface area contributed by atoms with Crippen molar-refractivity contribution in [3.8, 4) is 0 Å². The average molecular weight is 349 g/mol. The van der Waals surface area contributed by atoms with Crippen molar-refractivity contribution >= 4 is 9.84 Å². The molecule has 1 aromatic heterocycles. The first-order valence-corrected chi connectivity index (χ1v) is 9.96. The van der Waals surface area contributed by atoms with Crippen LogP contribution in [0.5, 0.6) is 0 Å². The molecule has 1 aliphatic carbocycles. The Morgan fingerprint density at radius 2 is 2.08 bits per heavy atom. The molecule has 0 spiro atoms. The molecule has 1 aliphatic rings. The summed E-state index contributed by atoms with van der Waals surface area (Å²) in [5, 5.41) is 7.01. The van der Waals surface area contributed by atoms with Gasteiger partial charge in [0.25, 0.3) is 0 Å². The van der Waals surface area contributed by atoms with E-state index in [0.29, 0.717) is 23.0 Å². The summed E-state index contributed by atoms with van der Waals surface area (Å²) in [6.07, 6.45) is 4.01. The highest BCUT2D eigenvalue weighted by molar-refractivity contribution is 7.91. The van der Waals surface area contributed by atoms with Crippen molar-refractivity contribution in [2.75, 3.05) is 12.8 Å². The van der Waals surface area contributed by atoms with Crippen LogP contribution in [-0.4, -0.2) is 37.4 Å². The number of likely N-dealkylation sites (N-methyl/N-ethyl adjacent to an activating group) is 1. The predicted octanol–water partition coefficient (Wildman–Crippen LogP) is 1.73. The number of sulfone groups is 1. The number of benzene rings is 1. The zero-order valence-corrected chi connectivity index (χ0v) is 14.9. The highest BCUT2D eigenvalue weighted by Crippen LogP contribution is 2.25.